The number of benzene rings is 2. The third-order valence-corrected chi connectivity index (χ3v) is 6.38. The van der Waals surface area contributed by atoms with Crippen LogP contribution in [0.1, 0.15) is 88.7 Å². The van der Waals surface area contributed by atoms with Crippen LogP contribution in [-0.2, 0) is 12.8 Å². The minimum Gasteiger partial charge on any atom is -0.490 e. The van der Waals surface area contributed by atoms with Crippen molar-refractivity contribution in [1.29, 1.82) is 0 Å². The fourth-order valence-corrected chi connectivity index (χ4v) is 4.27. The fourth-order valence-electron chi connectivity index (χ4n) is 4.27. The van der Waals surface area contributed by atoms with Gasteiger partial charge in [-0.3, -0.25) is 0 Å². The van der Waals surface area contributed by atoms with Crippen molar-refractivity contribution in [3.05, 3.63) is 78.1 Å². The molecule has 0 radical (unpaired) electrons. The van der Waals surface area contributed by atoms with Crippen molar-refractivity contribution in [2.45, 2.75) is 90.4 Å². The van der Waals surface area contributed by atoms with Crippen LogP contribution >= 0.6 is 0 Å². The summed E-state index contributed by atoms with van der Waals surface area (Å²) < 4.78 is 5.85. The minimum absolute atomic E-state index is 0.731. The lowest BCUT2D eigenvalue weighted by molar-refractivity contribution is 0.302. The highest BCUT2D eigenvalue weighted by Gasteiger charge is 2.03. The first-order valence-electron chi connectivity index (χ1n) is 13.4. The minimum atomic E-state index is 0.731. The monoisotopic (exact) mass is 458 g/mol. The maximum absolute atomic E-state index is 5.85. The summed E-state index contributed by atoms with van der Waals surface area (Å²) in [7, 11) is 0. The van der Waals surface area contributed by atoms with E-state index in [2.05, 4.69) is 71.5 Å². The molecule has 3 nitrogen and oxygen atoms in total. The molecule has 0 N–H and O–H groups in total. The van der Waals surface area contributed by atoms with E-state index in [1.54, 1.807) is 12.4 Å². The molecule has 0 amide bonds. The average Bonchev–Trinajstić information content (AvgIpc) is 2.89. The third-order valence-electron chi connectivity index (χ3n) is 6.38. The van der Waals surface area contributed by atoms with Crippen molar-refractivity contribution >= 4 is 0 Å². The molecule has 3 heteroatoms. The van der Waals surface area contributed by atoms with Gasteiger partial charge in [0.25, 0.3) is 0 Å². The summed E-state index contributed by atoms with van der Waals surface area (Å²) in [4.78, 5) is 9.03. The van der Waals surface area contributed by atoms with Crippen molar-refractivity contribution in [1.82, 2.24) is 9.97 Å². The highest BCUT2D eigenvalue weighted by Crippen LogP contribution is 2.19. The van der Waals surface area contributed by atoms with E-state index in [-0.39, 0.29) is 0 Å². The molecule has 1 aromatic heterocycles. The molecule has 0 unspecified atom stereocenters. The first kappa shape index (κ1) is 25.9. The summed E-state index contributed by atoms with van der Waals surface area (Å²) in [6.07, 6.45) is 20.1. The smallest absolute Gasteiger partial charge is 0.159 e. The zero-order chi connectivity index (χ0) is 23.7. The molecular formula is C31H42N2O. The van der Waals surface area contributed by atoms with E-state index < -0.39 is 0 Å². The maximum Gasteiger partial charge on any atom is 0.159 e. The van der Waals surface area contributed by atoms with E-state index in [1.807, 2.05) is 0 Å². The Morgan fingerprint density at radius 3 is 1.79 bits per heavy atom. The molecule has 3 rings (SSSR count). The molecule has 0 saturated heterocycles. The number of ether oxygens (including phenoxy) is 1. The summed E-state index contributed by atoms with van der Waals surface area (Å²) in [6, 6.07) is 19.5. The van der Waals surface area contributed by atoms with Crippen molar-refractivity contribution in [3.8, 4) is 17.1 Å². The quantitative estimate of drug-likeness (QED) is 0.190. The summed E-state index contributed by atoms with van der Waals surface area (Å²) in [5.41, 5.74) is 3.91. The molecule has 1 heterocycles. The van der Waals surface area contributed by atoms with Crippen molar-refractivity contribution in [2.75, 3.05) is 6.61 Å². The molecule has 0 bridgehead atoms. The largest absolute Gasteiger partial charge is 0.490 e. The molecule has 3 aromatic rings. The molecule has 0 fully saturated rings. The fraction of sp³-hybridized carbons (Fsp3) is 0.484. The van der Waals surface area contributed by atoms with Crippen LogP contribution in [0, 0.1) is 0 Å². The number of rotatable bonds is 17. The first-order valence-corrected chi connectivity index (χ1v) is 13.4. The van der Waals surface area contributed by atoms with Gasteiger partial charge in [0.2, 0.25) is 0 Å². The Labute approximate surface area is 207 Å². The molecule has 0 atom stereocenters. The highest BCUT2D eigenvalue weighted by molar-refractivity contribution is 5.55. The van der Waals surface area contributed by atoms with Crippen molar-refractivity contribution in [2.24, 2.45) is 0 Å². The predicted molar refractivity (Wildman–Crippen MR) is 143 cm³/mol. The second-order valence-electron chi connectivity index (χ2n) is 9.31. The van der Waals surface area contributed by atoms with Crippen LogP contribution in [0.3, 0.4) is 0 Å². The van der Waals surface area contributed by atoms with Crippen LogP contribution in [0.5, 0.6) is 5.75 Å². The van der Waals surface area contributed by atoms with Gasteiger partial charge in [0.15, 0.2) is 11.6 Å². The molecule has 0 aliphatic carbocycles. The number of hydrogen-bond acceptors (Lipinski definition) is 3. The van der Waals surface area contributed by atoms with E-state index in [1.165, 1.54) is 81.8 Å². The Morgan fingerprint density at radius 1 is 0.588 bits per heavy atom. The van der Waals surface area contributed by atoms with E-state index in [0.717, 1.165) is 36.6 Å². The van der Waals surface area contributed by atoms with Gasteiger partial charge in [-0.1, -0.05) is 113 Å². The van der Waals surface area contributed by atoms with Gasteiger partial charge in [-0.25, -0.2) is 9.97 Å². The predicted octanol–water partition coefficient (Wildman–Crippen LogP) is 8.62. The lowest BCUT2D eigenvalue weighted by Crippen LogP contribution is -1.99. The van der Waals surface area contributed by atoms with Gasteiger partial charge >= 0.3 is 0 Å². The maximum atomic E-state index is 5.85. The molecular weight excluding hydrogens is 416 g/mol. The molecule has 2 aromatic carbocycles. The Hall–Kier alpha value is -2.68. The molecule has 0 spiro atoms. The second kappa shape index (κ2) is 16.0. The molecule has 182 valence electrons. The van der Waals surface area contributed by atoms with Gasteiger partial charge in [0.1, 0.15) is 0 Å². The summed E-state index contributed by atoms with van der Waals surface area (Å²) in [6.45, 7) is 3.00. The molecule has 34 heavy (non-hydrogen) atoms. The van der Waals surface area contributed by atoms with E-state index in [9.17, 15) is 0 Å². The molecule has 0 aliphatic rings. The van der Waals surface area contributed by atoms with Crippen molar-refractivity contribution < 1.29 is 4.74 Å². The number of hydrogen-bond donors (Lipinski definition) is 0. The zero-order valence-electron chi connectivity index (χ0n) is 21.1. The van der Waals surface area contributed by atoms with Gasteiger partial charge in [-0.2, -0.15) is 0 Å². The normalized spacial score (nSPS) is 11.0. The van der Waals surface area contributed by atoms with Crippen molar-refractivity contribution in [3.63, 3.8) is 0 Å². The highest BCUT2D eigenvalue weighted by atomic mass is 16.5. The Bertz CT molecular complexity index is 891. The number of unbranched alkanes of at least 4 members (excludes halogenated alkanes) is 9. The second-order valence-corrected chi connectivity index (χ2v) is 9.31. The summed E-state index contributed by atoms with van der Waals surface area (Å²) in [5, 5.41) is 0. The Kier molecular flexibility index (Phi) is 12.2. The SMILES string of the molecule is CCCCCCCCc1ccc(-c2ncc(OCCCCCCCc3ccccc3)cn2)cc1. The van der Waals surface area contributed by atoms with Crippen LogP contribution in [0.25, 0.3) is 11.4 Å². The first-order chi connectivity index (χ1) is 16.8. The third kappa shape index (κ3) is 10.1. The van der Waals surface area contributed by atoms with Gasteiger partial charge in [-0.05, 0) is 43.2 Å². The summed E-state index contributed by atoms with van der Waals surface area (Å²) in [5.74, 6) is 1.52. The number of nitrogens with zero attached hydrogens (tertiary/aromatic N) is 2. The van der Waals surface area contributed by atoms with Gasteiger partial charge in [0, 0.05) is 5.56 Å². The van der Waals surface area contributed by atoms with Crippen LogP contribution in [0.15, 0.2) is 67.0 Å². The Balaban J connectivity index is 1.27. The lowest BCUT2D eigenvalue weighted by Gasteiger charge is -2.07. The van der Waals surface area contributed by atoms with E-state index in [0.29, 0.717) is 0 Å². The average molecular weight is 459 g/mol. The molecule has 0 aliphatic heterocycles. The van der Waals surface area contributed by atoms with Crippen LogP contribution in [0.4, 0.5) is 0 Å². The van der Waals surface area contributed by atoms with Gasteiger partial charge < -0.3 is 4.74 Å². The standard InChI is InChI=1S/C31H42N2O/c1-2-3-4-5-7-12-19-28-20-22-29(23-21-28)31-32-25-30(26-33-31)34-24-15-9-6-8-11-16-27-17-13-10-14-18-27/h10,13-14,17-18,20-23,25-26H,2-9,11-12,15-16,19,24H2,1H3. The lowest BCUT2D eigenvalue weighted by atomic mass is 10.0. The molecule has 0 saturated carbocycles. The summed E-state index contributed by atoms with van der Waals surface area (Å²) >= 11 is 0. The van der Waals surface area contributed by atoms with Gasteiger partial charge in [0.05, 0.1) is 19.0 Å². The van der Waals surface area contributed by atoms with Crippen LogP contribution < -0.4 is 4.74 Å². The number of aromatic nitrogens is 2. The topological polar surface area (TPSA) is 35.0 Å². The number of aryl methyl sites for hydroxylation is 2. The van der Waals surface area contributed by atoms with E-state index in [4.69, 9.17) is 4.74 Å². The van der Waals surface area contributed by atoms with Gasteiger partial charge in [-0.15, -0.1) is 0 Å². The Morgan fingerprint density at radius 2 is 1.15 bits per heavy atom. The zero-order valence-corrected chi connectivity index (χ0v) is 21.1. The van der Waals surface area contributed by atoms with Crippen LogP contribution in [-0.4, -0.2) is 16.6 Å². The van der Waals surface area contributed by atoms with E-state index >= 15 is 0 Å². The van der Waals surface area contributed by atoms with Crippen LogP contribution in [0.2, 0.25) is 0 Å².